The van der Waals surface area contributed by atoms with Gasteiger partial charge in [-0.3, -0.25) is 19.2 Å². The summed E-state index contributed by atoms with van der Waals surface area (Å²) in [6.45, 7) is 3.23. The first-order chi connectivity index (χ1) is 18.6. The number of nitrogens with one attached hydrogen (secondary N) is 1. The summed E-state index contributed by atoms with van der Waals surface area (Å²) in [6.07, 6.45) is 1.49. The molecule has 0 fully saturated rings. The Bertz CT molecular complexity index is 1650. The molecule has 0 bridgehead atoms. The first-order valence-electron chi connectivity index (χ1n) is 11.7. The molecule has 0 aliphatic rings. The second-order valence-corrected chi connectivity index (χ2v) is 11.2. The average Bonchev–Trinajstić information content (AvgIpc) is 3.20. The van der Waals surface area contributed by atoms with Crippen LogP contribution in [0.4, 0.5) is 11.4 Å². The normalized spacial score (nSPS) is 11.5. The van der Waals surface area contributed by atoms with Gasteiger partial charge in [-0.25, -0.2) is 13.8 Å². The molecular formula is C27H24BrN5O5S. The maximum atomic E-state index is 13.5. The molecule has 0 saturated carbocycles. The molecular weight excluding hydrogens is 586 g/mol. The highest BCUT2D eigenvalue weighted by atomic mass is 79.9. The molecule has 0 unspecified atom stereocenters. The number of hydrazone groups is 1. The lowest BCUT2D eigenvalue weighted by Gasteiger charge is -2.23. The molecule has 39 heavy (non-hydrogen) atoms. The molecule has 1 N–H and O–H groups in total. The van der Waals surface area contributed by atoms with Gasteiger partial charge in [0.2, 0.25) is 0 Å². The molecule has 0 atom stereocenters. The Balaban J connectivity index is 1.57. The van der Waals surface area contributed by atoms with E-state index in [0.29, 0.717) is 0 Å². The van der Waals surface area contributed by atoms with Gasteiger partial charge in [-0.15, -0.1) is 0 Å². The molecule has 4 aromatic rings. The van der Waals surface area contributed by atoms with E-state index in [1.54, 1.807) is 18.2 Å². The van der Waals surface area contributed by atoms with Crippen LogP contribution in [0.2, 0.25) is 0 Å². The summed E-state index contributed by atoms with van der Waals surface area (Å²) in [6, 6.07) is 22.7. The van der Waals surface area contributed by atoms with E-state index in [2.05, 4.69) is 26.5 Å². The van der Waals surface area contributed by atoms with E-state index in [0.717, 1.165) is 43.5 Å². The van der Waals surface area contributed by atoms with Crippen molar-refractivity contribution in [1.29, 1.82) is 0 Å². The number of nitro benzene ring substituents is 1. The molecule has 0 spiro atoms. The maximum absolute atomic E-state index is 13.5. The van der Waals surface area contributed by atoms with Crippen molar-refractivity contribution in [2.24, 2.45) is 5.10 Å². The van der Waals surface area contributed by atoms with Crippen LogP contribution in [-0.4, -0.2) is 36.6 Å². The summed E-state index contributed by atoms with van der Waals surface area (Å²) in [5.41, 5.74) is 5.56. The van der Waals surface area contributed by atoms with Crippen molar-refractivity contribution >= 4 is 49.4 Å². The third-order valence-corrected chi connectivity index (χ3v) is 8.26. The molecule has 4 rings (SSSR count). The van der Waals surface area contributed by atoms with Crippen LogP contribution in [0.5, 0.6) is 0 Å². The van der Waals surface area contributed by atoms with E-state index < -0.39 is 38.0 Å². The lowest BCUT2D eigenvalue weighted by atomic mass is 10.2. The van der Waals surface area contributed by atoms with Crippen LogP contribution in [0.3, 0.4) is 0 Å². The van der Waals surface area contributed by atoms with Crippen molar-refractivity contribution in [3.63, 3.8) is 0 Å². The number of sulfonamides is 1. The van der Waals surface area contributed by atoms with E-state index in [4.69, 9.17) is 0 Å². The Kier molecular flexibility index (Phi) is 8.27. The van der Waals surface area contributed by atoms with Gasteiger partial charge in [0.15, 0.2) is 4.90 Å². The summed E-state index contributed by atoms with van der Waals surface area (Å²) < 4.78 is 30.9. The number of nitro groups is 1. The van der Waals surface area contributed by atoms with Gasteiger partial charge < -0.3 is 4.57 Å². The second kappa shape index (κ2) is 11.6. The number of hydrogen-bond donors (Lipinski definition) is 1. The summed E-state index contributed by atoms with van der Waals surface area (Å²) in [5, 5.41) is 15.5. The van der Waals surface area contributed by atoms with Gasteiger partial charge in [0.05, 0.1) is 16.8 Å². The minimum atomic E-state index is -4.47. The van der Waals surface area contributed by atoms with Crippen LogP contribution >= 0.6 is 15.9 Å². The van der Waals surface area contributed by atoms with Crippen LogP contribution in [0.25, 0.3) is 5.69 Å². The van der Waals surface area contributed by atoms with E-state index in [1.807, 2.05) is 48.7 Å². The second-order valence-electron chi connectivity index (χ2n) is 8.50. The molecule has 200 valence electrons. The number of halogens is 1. The highest BCUT2D eigenvalue weighted by Crippen LogP contribution is 2.29. The van der Waals surface area contributed by atoms with Gasteiger partial charge in [-0.05, 0) is 62.4 Å². The molecule has 0 radical (unpaired) electrons. The average molecular weight is 610 g/mol. The molecule has 0 aliphatic heterocycles. The molecule has 0 aliphatic carbocycles. The first kappa shape index (κ1) is 27.7. The smallest absolute Gasteiger partial charge is 0.289 e. The van der Waals surface area contributed by atoms with Crippen molar-refractivity contribution in [3.05, 3.63) is 116 Å². The van der Waals surface area contributed by atoms with E-state index in [1.165, 1.54) is 30.5 Å². The summed E-state index contributed by atoms with van der Waals surface area (Å²) in [5.74, 6) is -0.723. The van der Waals surface area contributed by atoms with Crippen molar-refractivity contribution in [1.82, 2.24) is 9.99 Å². The Morgan fingerprint density at radius 1 is 1.05 bits per heavy atom. The Morgan fingerprint density at radius 3 is 2.36 bits per heavy atom. The summed E-state index contributed by atoms with van der Waals surface area (Å²) in [7, 11) is -4.47. The monoisotopic (exact) mass is 609 g/mol. The third-order valence-electron chi connectivity index (χ3n) is 5.91. The largest absolute Gasteiger partial charge is 0.318 e. The molecule has 10 nitrogen and oxygen atoms in total. The number of hydrogen-bond acceptors (Lipinski definition) is 6. The highest BCUT2D eigenvalue weighted by Gasteiger charge is 2.33. The highest BCUT2D eigenvalue weighted by molar-refractivity contribution is 9.10. The zero-order valence-corrected chi connectivity index (χ0v) is 23.4. The van der Waals surface area contributed by atoms with Gasteiger partial charge in [0, 0.05) is 33.2 Å². The number of amides is 1. The first-order valence-corrected chi connectivity index (χ1v) is 13.9. The predicted octanol–water partition coefficient (Wildman–Crippen LogP) is 5.11. The quantitative estimate of drug-likeness (QED) is 0.160. The maximum Gasteiger partial charge on any atom is 0.289 e. The number of para-hydroxylation sites is 2. The standard InChI is InChI=1S/C27H24BrN5O5S/c1-19-16-21(20(2)32(19)24-14-12-22(28)13-15-24)17-29-30-27(34)18-31(23-8-4-3-5-9-23)39(37,38)26-11-7-6-10-25(26)33(35)36/h3-17H,18H2,1-2H3,(H,30,34)/b29-17+. The van der Waals surface area contributed by atoms with E-state index in [9.17, 15) is 23.3 Å². The number of carbonyl (C=O) groups excluding carboxylic acids is 1. The minimum Gasteiger partial charge on any atom is -0.318 e. The van der Waals surface area contributed by atoms with E-state index in [-0.39, 0.29) is 5.69 Å². The Hall–Kier alpha value is -4.29. The van der Waals surface area contributed by atoms with Crippen LogP contribution < -0.4 is 9.73 Å². The number of nitrogens with zero attached hydrogens (tertiary/aromatic N) is 4. The van der Waals surface area contributed by atoms with Gasteiger partial charge in [0.1, 0.15) is 6.54 Å². The van der Waals surface area contributed by atoms with Gasteiger partial charge >= 0.3 is 0 Å². The fourth-order valence-corrected chi connectivity index (χ4v) is 5.95. The minimum absolute atomic E-state index is 0.174. The molecule has 1 amide bonds. The van der Waals surface area contributed by atoms with Crippen molar-refractivity contribution in [2.75, 3.05) is 10.8 Å². The fourth-order valence-electron chi connectivity index (χ4n) is 4.10. The van der Waals surface area contributed by atoms with Gasteiger partial charge in [-0.2, -0.15) is 5.10 Å². The van der Waals surface area contributed by atoms with Crippen molar-refractivity contribution < 1.29 is 18.1 Å². The third kappa shape index (κ3) is 6.07. The Labute approximate surface area is 233 Å². The van der Waals surface area contributed by atoms with Crippen LogP contribution in [-0.2, 0) is 14.8 Å². The molecule has 0 saturated heterocycles. The molecule has 12 heteroatoms. The van der Waals surface area contributed by atoms with Crippen LogP contribution in [0, 0.1) is 24.0 Å². The Morgan fingerprint density at radius 2 is 1.69 bits per heavy atom. The van der Waals surface area contributed by atoms with Crippen LogP contribution in [0.1, 0.15) is 17.0 Å². The lowest BCUT2D eigenvalue weighted by molar-refractivity contribution is -0.387. The fraction of sp³-hybridized carbons (Fsp3) is 0.111. The number of aryl methyl sites for hydroxylation is 1. The van der Waals surface area contributed by atoms with E-state index >= 15 is 0 Å². The number of aromatic nitrogens is 1. The zero-order valence-electron chi connectivity index (χ0n) is 21.0. The number of carbonyl (C=O) groups is 1. The lowest BCUT2D eigenvalue weighted by Crippen LogP contribution is -2.39. The molecule has 3 aromatic carbocycles. The van der Waals surface area contributed by atoms with Gasteiger partial charge in [0.25, 0.3) is 21.6 Å². The topological polar surface area (TPSA) is 127 Å². The van der Waals surface area contributed by atoms with Crippen molar-refractivity contribution in [2.45, 2.75) is 18.7 Å². The van der Waals surface area contributed by atoms with Crippen LogP contribution in [0.15, 0.2) is 99.4 Å². The number of rotatable bonds is 9. The number of benzene rings is 3. The zero-order chi connectivity index (χ0) is 28.2. The SMILES string of the molecule is Cc1cc(/C=N/NC(=O)CN(c2ccccc2)S(=O)(=O)c2ccccc2[N+](=O)[O-])c(C)n1-c1ccc(Br)cc1. The molecule has 1 heterocycles. The van der Waals surface area contributed by atoms with Gasteiger partial charge in [-0.1, -0.05) is 46.3 Å². The summed E-state index contributed by atoms with van der Waals surface area (Å²) in [4.78, 5) is 23.1. The molecule has 1 aromatic heterocycles. The predicted molar refractivity (Wildman–Crippen MR) is 153 cm³/mol. The summed E-state index contributed by atoms with van der Waals surface area (Å²) >= 11 is 3.43. The van der Waals surface area contributed by atoms with Crippen molar-refractivity contribution in [3.8, 4) is 5.69 Å². The number of anilines is 1.